The van der Waals surface area contributed by atoms with Crippen molar-refractivity contribution in [3.63, 3.8) is 0 Å². The van der Waals surface area contributed by atoms with E-state index in [9.17, 15) is 20.2 Å². The molecule has 8 nitrogen and oxygen atoms in total. The Labute approximate surface area is 166 Å². The largest absolute Gasteiger partial charge is 0.301 e. The van der Waals surface area contributed by atoms with Crippen LogP contribution in [0.3, 0.4) is 0 Å². The number of hydrogen-bond acceptors (Lipinski definition) is 6. The molecule has 0 radical (unpaired) electrons. The lowest BCUT2D eigenvalue weighted by atomic mass is 9.88. The Morgan fingerprint density at radius 1 is 0.862 bits per heavy atom. The van der Waals surface area contributed by atoms with Gasteiger partial charge in [-0.3, -0.25) is 25.7 Å². The SMILES string of the molecule is C/C(=N\Nc1ccc([N+](=O)[O-])cc1[N+](=O)[O-])C(c1ccccc1)c1ccccc1. The van der Waals surface area contributed by atoms with Crippen molar-refractivity contribution in [3.8, 4) is 0 Å². The summed E-state index contributed by atoms with van der Waals surface area (Å²) in [7, 11) is 0. The van der Waals surface area contributed by atoms with Crippen molar-refractivity contribution in [2.24, 2.45) is 5.10 Å². The Morgan fingerprint density at radius 3 is 1.90 bits per heavy atom. The molecule has 0 heterocycles. The number of non-ortho nitro benzene ring substituents is 1. The van der Waals surface area contributed by atoms with Crippen LogP contribution in [0.1, 0.15) is 24.0 Å². The lowest BCUT2D eigenvalue weighted by Crippen LogP contribution is -2.13. The predicted molar refractivity (Wildman–Crippen MR) is 111 cm³/mol. The van der Waals surface area contributed by atoms with E-state index in [2.05, 4.69) is 10.5 Å². The van der Waals surface area contributed by atoms with Crippen molar-refractivity contribution in [1.82, 2.24) is 0 Å². The third-order valence-corrected chi connectivity index (χ3v) is 4.43. The molecule has 0 fully saturated rings. The van der Waals surface area contributed by atoms with Gasteiger partial charge in [-0.2, -0.15) is 5.10 Å². The normalized spacial score (nSPS) is 11.3. The van der Waals surface area contributed by atoms with Gasteiger partial charge < -0.3 is 0 Å². The molecular formula is C21H18N4O4. The van der Waals surface area contributed by atoms with Crippen LogP contribution in [0.2, 0.25) is 0 Å². The van der Waals surface area contributed by atoms with Gasteiger partial charge in [-0.15, -0.1) is 0 Å². The Hall–Kier alpha value is -4.07. The minimum Gasteiger partial charge on any atom is -0.272 e. The molecule has 0 atom stereocenters. The molecule has 0 amide bonds. The van der Waals surface area contributed by atoms with Gasteiger partial charge in [0.25, 0.3) is 5.69 Å². The molecule has 0 bridgehead atoms. The van der Waals surface area contributed by atoms with E-state index < -0.39 is 15.5 Å². The Kier molecular flexibility index (Phi) is 5.94. The minimum atomic E-state index is -0.675. The first kappa shape index (κ1) is 19.7. The summed E-state index contributed by atoms with van der Waals surface area (Å²) in [6.45, 7) is 1.83. The average molecular weight is 390 g/mol. The maximum Gasteiger partial charge on any atom is 0.301 e. The smallest absolute Gasteiger partial charge is 0.272 e. The van der Waals surface area contributed by atoms with Gasteiger partial charge in [0.2, 0.25) is 0 Å². The van der Waals surface area contributed by atoms with Crippen LogP contribution in [-0.2, 0) is 0 Å². The molecule has 146 valence electrons. The van der Waals surface area contributed by atoms with Crippen molar-refractivity contribution < 1.29 is 9.85 Å². The molecule has 0 aliphatic carbocycles. The molecule has 0 aromatic heterocycles. The van der Waals surface area contributed by atoms with E-state index >= 15 is 0 Å². The maximum absolute atomic E-state index is 11.3. The van der Waals surface area contributed by atoms with Gasteiger partial charge in [0.15, 0.2) is 0 Å². The quantitative estimate of drug-likeness (QED) is 0.342. The molecule has 0 unspecified atom stereocenters. The van der Waals surface area contributed by atoms with Crippen molar-refractivity contribution in [2.75, 3.05) is 5.43 Å². The average Bonchev–Trinajstić information content (AvgIpc) is 2.73. The third kappa shape index (κ3) is 4.62. The number of nitro groups is 2. The number of nitrogens with one attached hydrogen (secondary N) is 1. The molecule has 3 aromatic carbocycles. The summed E-state index contributed by atoms with van der Waals surface area (Å²) < 4.78 is 0. The van der Waals surface area contributed by atoms with Crippen LogP contribution in [0, 0.1) is 20.2 Å². The highest BCUT2D eigenvalue weighted by molar-refractivity contribution is 5.92. The van der Waals surface area contributed by atoms with Crippen molar-refractivity contribution in [3.05, 3.63) is 110 Å². The van der Waals surface area contributed by atoms with E-state index in [4.69, 9.17) is 0 Å². The lowest BCUT2D eigenvalue weighted by molar-refractivity contribution is -0.393. The summed E-state index contributed by atoms with van der Waals surface area (Å²) in [5, 5.41) is 26.6. The zero-order valence-corrected chi connectivity index (χ0v) is 15.6. The summed E-state index contributed by atoms with van der Waals surface area (Å²) in [5.41, 5.74) is 4.77. The number of benzene rings is 3. The number of rotatable bonds is 7. The van der Waals surface area contributed by atoms with Gasteiger partial charge in [0, 0.05) is 17.7 Å². The fourth-order valence-electron chi connectivity index (χ4n) is 3.06. The number of hydrogen-bond donors (Lipinski definition) is 1. The summed E-state index contributed by atoms with van der Waals surface area (Å²) in [5.74, 6) is -0.151. The summed E-state index contributed by atoms with van der Waals surface area (Å²) in [6.07, 6.45) is 0. The molecule has 3 aromatic rings. The van der Waals surface area contributed by atoms with Gasteiger partial charge in [0.05, 0.1) is 15.9 Å². The first-order valence-electron chi connectivity index (χ1n) is 8.80. The van der Waals surface area contributed by atoms with Crippen LogP contribution < -0.4 is 5.43 Å². The summed E-state index contributed by atoms with van der Waals surface area (Å²) in [6, 6.07) is 23.0. The third-order valence-electron chi connectivity index (χ3n) is 4.43. The van der Waals surface area contributed by atoms with E-state index in [0.29, 0.717) is 5.71 Å². The monoisotopic (exact) mass is 390 g/mol. The fourth-order valence-corrected chi connectivity index (χ4v) is 3.06. The molecule has 0 spiro atoms. The second kappa shape index (κ2) is 8.75. The maximum atomic E-state index is 11.3. The van der Waals surface area contributed by atoms with E-state index in [-0.39, 0.29) is 17.3 Å². The predicted octanol–water partition coefficient (Wildman–Crippen LogP) is 5.12. The topological polar surface area (TPSA) is 111 Å². The standard InChI is InChI=1S/C21H18N4O4/c1-15(21(16-8-4-2-5-9-16)17-10-6-3-7-11-17)22-23-19-13-12-18(24(26)27)14-20(19)25(28)29/h2-14,21,23H,1H3/b22-15+. The number of nitrogens with zero attached hydrogens (tertiary/aromatic N) is 3. The van der Waals surface area contributed by atoms with Crippen LogP contribution in [-0.4, -0.2) is 15.6 Å². The number of nitro benzene ring substituents is 2. The van der Waals surface area contributed by atoms with Crippen LogP contribution in [0.15, 0.2) is 84.0 Å². The zero-order valence-electron chi connectivity index (χ0n) is 15.6. The van der Waals surface area contributed by atoms with Crippen molar-refractivity contribution >= 4 is 22.8 Å². The highest BCUT2D eigenvalue weighted by atomic mass is 16.6. The molecular weight excluding hydrogens is 372 g/mol. The van der Waals surface area contributed by atoms with Crippen LogP contribution in [0.4, 0.5) is 17.1 Å². The van der Waals surface area contributed by atoms with Crippen LogP contribution >= 0.6 is 0 Å². The molecule has 0 aliphatic rings. The molecule has 29 heavy (non-hydrogen) atoms. The molecule has 1 N–H and O–H groups in total. The molecule has 3 rings (SSSR count). The minimum absolute atomic E-state index is 0.0832. The molecule has 0 saturated heterocycles. The van der Waals surface area contributed by atoms with E-state index in [1.165, 1.54) is 12.1 Å². The van der Waals surface area contributed by atoms with Gasteiger partial charge in [-0.05, 0) is 24.1 Å². The van der Waals surface area contributed by atoms with Crippen LogP contribution in [0.5, 0.6) is 0 Å². The van der Waals surface area contributed by atoms with Gasteiger partial charge >= 0.3 is 5.69 Å². The zero-order chi connectivity index (χ0) is 20.8. The molecule has 8 heteroatoms. The second-order valence-corrected chi connectivity index (χ2v) is 6.34. The molecule has 0 saturated carbocycles. The number of anilines is 1. The van der Waals surface area contributed by atoms with Gasteiger partial charge in [-0.1, -0.05) is 60.7 Å². The van der Waals surface area contributed by atoms with Crippen molar-refractivity contribution in [1.29, 1.82) is 0 Å². The summed E-state index contributed by atoms with van der Waals surface area (Å²) >= 11 is 0. The van der Waals surface area contributed by atoms with E-state index in [0.717, 1.165) is 17.2 Å². The first-order valence-corrected chi connectivity index (χ1v) is 8.80. The lowest BCUT2D eigenvalue weighted by Gasteiger charge is -2.18. The fraction of sp³-hybridized carbons (Fsp3) is 0.0952. The highest BCUT2D eigenvalue weighted by Crippen LogP contribution is 2.30. The van der Waals surface area contributed by atoms with Crippen LogP contribution in [0.25, 0.3) is 0 Å². The Balaban J connectivity index is 1.96. The van der Waals surface area contributed by atoms with E-state index in [1.54, 1.807) is 0 Å². The van der Waals surface area contributed by atoms with Crippen molar-refractivity contribution in [2.45, 2.75) is 12.8 Å². The first-order chi connectivity index (χ1) is 14.0. The van der Waals surface area contributed by atoms with E-state index in [1.807, 2.05) is 67.6 Å². The van der Waals surface area contributed by atoms with Gasteiger partial charge in [-0.25, -0.2) is 0 Å². The molecule has 0 aliphatic heterocycles. The summed E-state index contributed by atoms with van der Waals surface area (Å²) in [4.78, 5) is 20.9. The number of hydrazone groups is 1. The van der Waals surface area contributed by atoms with Gasteiger partial charge in [0.1, 0.15) is 5.69 Å². The Bertz CT molecular complexity index is 1010. The second-order valence-electron chi connectivity index (χ2n) is 6.34. The highest BCUT2D eigenvalue weighted by Gasteiger charge is 2.21. The Morgan fingerprint density at radius 2 is 1.41 bits per heavy atom.